The third kappa shape index (κ3) is 3.45. The smallest absolute Gasteiger partial charge is 0.207 e. The lowest BCUT2D eigenvalue weighted by atomic mass is 10.4. The molecule has 0 fully saturated rings. The molecule has 0 atom stereocenters. The molecule has 98 valence electrons. The first-order valence-electron chi connectivity index (χ1n) is 5.25. The maximum absolute atomic E-state index is 12.3. The molecule has 0 aliphatic rings. The van der Waals surface area contributed by atoms with Gasteiger partial charge in [0.05, 0.1) is 11.1 Å². The Labute approximate surface area is 120 Å². The summed E-state index contributed by atoms with van der Waals surface area (Å²) >= 11 is 9.16. The predicted octanol–water partition coefficient (Wildman–Crippen LogP) is 3.03. The summed E-state index contributed by atoms with van der Waals surface area (Å²) in [6.45, 7) is 1.97. The minimum Gasteiger partial charge on any atom is -0.207 e. The van der Waals surface area contributed by atoms with Crippen LogP contribution in [0, 0.1) is 11.3 Å². The van der Waals surface area contributed by atoms with E-state index in [-0.39, 0.29) is 16.5 Å². The highest BCUT2D eigenvalue weighted by Crippen LogP contribution is 2.27. The second kappa shape index (κ2) is 6.53. The van der Waals surface area contributed by atoms with Gasteiger partial charge in [-0.2, -0.15) is 9.57 Å². The van der Waals surface area contributed by atoms with E-state index in [1.54, 1.807) is 6.07 Å². The van der Waals surface area contributed by atoms with Crippen molar-refractivity contribution in [3.8, 4) is 6.07 Å². The Bertz CT molecular complexity index is 569. The summed E-state index contributed by atoms with van der Waals surface area (Å²) in [5.41, 5.74) is 0. The standard InChI is InChI=1S/C11H12BrClN2O2S/c1-2-6-15(7-5-14)18(16,17)11-4-3-9(12)8-10(11)13/h3-4,8H,2,6-7H2,1H3. The zero-order valence-electron chi connectivity index (χ0n) is 9.73. The summed E-state index contributed by atoms with van der Waals surface area (Å²) < 4.78 is 26.5. The second-order valence-electron chi connectivity index (χ2n) is 3.57. The fourth-order valence-electron chi connectivity index (χ4n) is 1.44. The largest absolute Gasteiger partial charge is 0.245 e. The molecule has 18 heavy (non-hydrogen) atoms. The van der Waals surface area contributed by atoms with E-state index >= 15 is 0 Å². The van der Waals surface area contributed by atoms with Gasteiger partial charge in [-0.25, -0.2) is 8.42 Å². The van der Waals surface area contributed by atoms with Gasteiger partial charge < -0.3 is 0 Å². The molecule has 0 unspecified atom stereocenters. The van der Waals surface area contributed by atoms with Gasteiger partial charge in [-0.15, -0.1) is 0 Å². The Kier molecular flexibility index (Phi) is 5.60. The highest BCUT2D eigenvalue weighted by molar-refractivity contribution is 9.10. The Balaban J connectivity index is 3.22. The molecular weight excluding hydrogens is 340 g/mol. The van der Waals surface area contributed by atoms with Crippen molar-refractivity contribution in [1.82, 2.24) is 4.31 Å². The molecule has 0 bridgehead atoms. The number of benzene rings is 1. The molecule has 0 aromatic heterocycles. The predicted molar refractivity (Wildman–Crippen MR) is 73.8 cm³/mol. The summed E-state index contributed by atoms with van der Waals surface area (Å²) in [6, 6.07) is 6.41. The van der Waals surface area contributed by atoms with E-state index in [4.69, 9.17) is 16.9 Å². The van der Waals surface area contributed by atoms with Gasteiger partial charge in [0, 0.05) is 11.0 Å². The van der Waals surface area contributed by atoms with Crippen molar-refractivity contribution in [2.24, 2.45) is 0 Å². The molecule has 0 aliphatic carbocycles. The third-order valence-corrected chi connectivity index (χ3v) is 5.05. The first-order chi connectivity index (χ1) is 8.43. The fraction of sp³-hybridized carbons (Fsp3) is 0.364. The Morgan fingerprint density at radius 1 is 1.50 bits per heavy atom. The zero-order valence-corrected chi connectivity index (χ0v) is 12.9. The quantitative estimate of drug-likeness (QED) is 0.766. The second-order valence-corrected chi connectivity index (χ2v) is 6.80. The van der Waals surface area contributed by atoms with E-state index in [9.17, 15) is 8.42 Å². The lowest BCUT2D eigenvalue weighted by molar-refractivity contribution is 0.444. The van der Waals surface area contributed by atoms with Crippen LogP contribution in [-0.2, 0) is 10.0 Å². The van der Waals surface area contributed by atoms with Gasteiger partial charge in [0.2, 0.25) is 10.0 Å². The molecule has 0 amide bonds. The molecule has 0 N–H and O–H groups in total. The monoisotopic (exact) mass is 350 g/mol. The minimum absolute atomic E-state index is 0.0241. The SMILES string of the molecule is CCCN(CC#N)S(=O)(=O)c1ccc(Br)cc1Cl. The minimum atomic E-state index is -3.71. The Morgan fingerprint density at radius 2 is 2.17 bits per heavy atom. The molecule has 0 saturated carbocycles. The topological polar surface area (TPSA) is 61.2 Å². The van der Waals surface area contributed by atoms with Crippen LogP contribution in [0.2, 0.25) is 5.02 Å². The van der Waals surface area contributed by atoms with Crippen LogP contribution in [0.5, 0.6) is 0 Å². The van der Waals surface area contributed by atoms with Crippen LogP contribution < -0.4 is 0 Å². The first kappa shape index (κ1) is 15.4. The van der Waals surface area contributed by atoms with E-state index in [0.717, 1.165) is 4.31 Å². The average molecular weight is 352 g/mol. The summed E-state index contributed by atoms with van der Waals surface area (Å²) in [7, 11) is -3.71. The summed E-state index contributed by atoms with van der Waals surface area (Å²) in [5.74, 6) is 0. The molecule has 0 spiro atoms. The van der Waals surface area contributed by atoms with Gasteiger partial charge in [0.15, 0.2) is 0 Å². The van der Waals surface area contributed by atoms with E-state index in [1.807, 2.05) is 13.0 Å². The summed E-state index contributed by atoms with van der Waals surface area (Å²) in [4.78, 5) is 0.0241. The summed E-state index contributed by atoms with van der Waals surface area (Å²) in [6.07, 6.45) is 0.634. The molecular formula is C11H12BrClN2O2S. The molecule has 1 aromatic rings. The van der Waals surface area contributed by atoms with Crippen molar-refractivity contribution in [3.05, 3.63) is 27.7 Å². The van der Waals surface area contributed by atoms with Crippen molar-refractivity contribution in [2.45, 2.75) is 18.2 Å². The summed E-state index contributed by atoms with van der Waals surface area (Å²) in [5, 5.41) is 8.83. The molecule has 0 radical (unpaired) electrons. The maximum Gasteiger partial charge on any atom is 0.245 e. The first-order valence-corrected chi connectivity index (χ1v) is 7.86. The molecule has 0 aliphatic heterocycles. The molecule has 7 heteroatoms. The highest BCUT2D eigenvalue weighted by atomic mass is 79.9. The van der Waals surface area contributed by atoms with Crippen molar-refractivity contribution >= 4 is 37.6 Å². The van der Waals surface area contributed by atoms with Gasteiger partial charge in [-0.1, -0.05) is 34.5 Å². The van der Waals surface area contributed by atoms with Crippen LogP contribution in [0.25, 0.3) is 0 Å². The Morgan fingerprint density at radius 3 is 2.67 bits per heavy atom. The number of hydrogen-bond acceptors (Lipinski definition) is 3. The number of hydrogen-bond donors (Lipinski definition) is 0. The molecule has 4 nitrogen and oxygen atoms in total. The normalized spacial score (nSPS) is 11.5. The van der Waals surface area contributed by atoms with Crippen LogP contribution >= 0.6 is 27.5 Å². The fourth-order valence-corrected chi connectivity index (χ4v) is 3.88. The lowest BCUT2D eigenvalue weighted by Gasteiger charge is -2.19. The highest BCUT2D eigenvalue weighted by Gasteiger charge is 2.25. The lowest BCUT2D eigenvalue weighted by Crippen LogP contribution is -2.32. The van der Waals surface area contributed by atoms with E-state index in [2.05, 4.69) is 15.9 Å². The van der Waals surface area contributed by atoms with E-state index in [1.165, 1.54) is 12.1 Å². The van der Waals surface area contributed by atoms with Crippen LogP contribution in [-0.4, -0.2) is 25.8 Å². The number of halogens is 2. The molecule has 1 aromatic carbocycles. The molecule has 0 saturated heterocycles. The van der Waals surface area contributed by atoms with Gasteiger partial charge in [0.25, 0.3) is 0 Å². The number of rotatable bonds is 5. The van der Waals surface area contributed by atoms with E-state index in [0.29, 0.717) is 17.4 Å². The van der Waals surface area contributed by atoms with Crippen LogP contribution in [0.15, 0.2) is 27.6 Å². The number of nitrogens with zero attached hydrogens (tertiary/aromatic N) is 2. The van der Waals surface area contributed by atoms with Crippen LogP contribution in [0.3, 0.4) is 0 Å². The van der Waals surface area contributed by atoms with Crippen LogP contribution in [0.1, 0.15) is 13.3 Å². The molecule has 0 heterocycles. The van der Waals surface area contributed by atoms with Gasteiger partial charge in [-0.05, 0) is 24.6 Å². The maximum atomic E-state index is 12.3. The van der Waals surface area contributed by atoms with Crippen molar-refractivity contribution in [3.63, 3.8) is 0 Å². The number of nitriles is 1. The van der Waals surface area contributed by atoms with E-state index < -0.39 is 10.0 Å². The van der Waals surface area contributed by atoms with Crippen molar-refractivity contribution in [1.29, 1.82) is 5.26 Å². The average Bonchev–Trinajstić information content (AvgIpc) is 2.28. The number of sulfonamides is 1. The molecule has 1 rings (SSSR count). The van der Waals surface area contributed by atoms with Crippen molar-refractivity contribution < 1.29 is 8.42 Å². The van der Waals surface area contributed by atoms with Gasteiger partial charge in [-0.3, -0.25) is 0 Å². The van der Waals surface area contributed by atoms with Crippen LogP contribution in [0.4, 0.5) is 0 Å². The van der Waals surface area contributed by atoms with Gasteiger partial charge >= 0.3 is 0 Å². The Hall–Kier alpha value is -0.610. The third-order valence-electron chi connectivity index (χ3n) is 2.23. The van der Waals surface area contributed by atoms with Gasteiger partial charge in [0.1, 0.15) is 11.4 Å². The zero-order chi connectivity index (χ0) is 13.8. The van der Waals surface area contributed by atoms with Crippen molar-refractivity contribution in [2.75, 3.05) is 13.1 Å².